The van der Waals surface area contributed by atoms with Crippen LogP contribution in [-0.4, -0.2) is 37.9 Å². The van der Waals surface area contributed by atoms with E-state index in [1.54, 1.807) is 54.9 Å². The molecule has 0 spiro atoms. The van der Waals surface area contributed by atoms with Gasteiger partial charge in [0.05, 0.1) is 23.0 Å². The second-order valence-electron chi connectivity index (χ2n) is 7.00. The first kappa shape index (κ1) is 21.0. The number of nitrogens with one attached hydrogen (secondary N) is 2. The Kier molecular flexibility index (Phi) is 5.99. The summed E-state index contributed by atoms with van der Waals surface area (Å²) in [5, 5.41) is 15.1. The number of pyridine rings is 1. The van der Waals surface area contributed by atoms with Crippen LogP contribution in [0.4, 0.5) is 5.69 Å². The smallest absolute Gasteiger partial charge is 0.262 e. The van der Waals surface area contributed by atoms with Crippen molar-refractivity contribution in [2.75, 3.05) is 11.8 Å². The third-order valence-corrected chi connectivity index (χ3v) is 6.27. The molecule has 0 aliphatic carbocycles. The minimum Gasteiger partial charge on any atom is -0.495 e. The van der Waals surface area contributed by atoms with Crippen LogP contribution >= 0.6 is 0 Å². The van der Waals surface area contributed by atoms with E-state index >= 15 is 0 Å². The standard InChI is InChI=1S/C22H22N4O4S/c1-30-21-5-3-2-4-19(21)26-31(28,29)17-8-6-15(7-9-17)13-24-22(27)20-12-16-14-23-11-10-18(16)25-20/h2-12,14,20,22,24,26-27H,13H2,1H3. The van der Waals surface area contributed by atoms with Crippen molar-refractivity contribution in [1.82, 2.24) is 10.3 Å². The van der Waals surface area contributed by atoms with Gasteiger partial charge in [0.2, 0.25) is 0 Å². The van der Waals surface area contributed by atoms with Gasteiger partial charge >= 0.3 is 0 Å². The van der Waals surface area contributed by atoms with Crippen LogP contribution in [0.3, 0.4) is 0 Å². The van der Waals surface area contributed by atoms with Gasteiger partial charge in [-0.25, -0.2) is 8.42 Å². The fourth-order valence-corrected chi connectivity index (χ4v) is 4.32. The molecule has 9 heteroatoms. The summed E-state index contributed by atoms with van der Waals surface area (Å²) < 4.78 is 33.1. The van der Waals surface area contributed by atoms with Crippen molar-refractivity contribution in [3.8, 4) is 5.75 Å². The van der Waals surface area contributed by atoms with E-state index in [9.17, 15) is 13.5 Å². The van der Waals surface area contributed by atoms with Gasteiger partial charge in [-0.1, -0.05) is 24.3 Å². The van der Waals surface area contributed by atoms with Crippen molar-refractivity contribution in [3.63, 3.8) is 0 Å². The molecule has 0 fully saturated rings. The zero-order valence-electron chi connectivity index (χ0n) is 16.8. The Morgan fingerprint density at radius 2 is 1.90 bits per heavy atom. The van der Waals surface area contributed by atoms with E-state index in [0.717, 1.165) is 16.1 Å². The van der Waals surface area contributed by atoms with Gasteiger partial charge in [0.1, 0.15) is 18.0 Å². The third kappa shape index (κ3) is 4.74. The minimum atomic E-state index is -3.76. The summed E-state index contributed by atoms with van der Waals surface area (Å²) in [7, 11) is -2.28. The van der Waals surface area contributed by atoms with E-state index in [1.807, 2.05) is 6.08 Å². The van der Waals surface area contributed by atoms with Gasteiger partial charge in [-0.3, -0.25) is 20.0 Å². The molecule has 0 radical (unpaired) electrons. The normalized spacial score (nSPS) is 16.0. The highest BCUT2D eigenvalue weighted by atomic mass is 32.2. The first-order valence-corrected chi connectivity index (χ1v) is 11.1. The van der Waals surface area contributed by atoms with Gasteiger partial charge in [0.25, 0.3) is 10.0 Å². The molecule has 160 valence electrons. The highest BCUT2D eigenvalue weighted by Crippen LogP contribution is 2.26. The van der Waals surface area contributed by atoms with Crippen molar-refractivity contribution in [3.05, 3.63) is 83.1 Å². The number of aromatic nitrogens is 1. The second-order valence-corrected chi connectivity index (χ2v) is 8.68. The number of aliphatic hydroxyl groups is 1. The molecule has 0 saturated heterocycles. The highest BCUT2D eigenvalue weighted by Gasteiger charge is 2.19. The van der Waals surface area contributed by atoms with Crippen LogP contribution in [-0.2, 0) is 16.6 Å². The monoisotopic (exact) mass is 438 g/mol. The number of hydrogen-bond acceptors (Lipinski definition) is 7. The maximum atomic E-state index is 12.7. The number of aliphatic hydroxyl groups excluding tert-OH is 1. The van der Waals surface area contributed by atoms with Gasteiger partial charge < -0.3 is 9.84 Å². The largest absolute Gasteiger partial charge is 0.495 e. The fourth-order valence-electron chi connectivity index (χ4n) is 3.25. The number of para-hydroxylation sites is 2. The Labute approximate surface area is 180 Å². The predicted molar refractivity (Wildman–Crippen MR) is 116 cm³/mol. The van der Waals surface area contributed by atoms with E-state index in [-0.39, 0.29) is 4.90 Å². The average molecular weight is 439 g/mol. The number of ether oxygens (including phenoxy) is 1. The van der Waals surface area contributed by atoms with E-state index in [2.05, 4.69) is 20.0 Å². The minimum absolute atomic E-state index is 0.129. The van der Waals surface area contributed by atoms with Crippen molar-refractivity contribution >= 4 is 21.8 Å². The Morgan fingerprint density at radius 3 is 2.65 bits per heavy atom. The maximum absolute atomic E-state index is 12.7. The third-order valence-electron chi connectivity index (χ3n) is 4.89. The van der Waals surface area contributed by atoms with Crippen molar-refractivity contribution in [2.24, 2.45) is 4.99 Å². The zero-order valence-corrected chi connectivity index (χ0v) is 17.6. The van der Waals surface area contributed by atoms with Crippen LogP contribution in [0.5, 0.6) is 5.75 Å². The summed E-state index contributed by atoms with van der Waals surface area (Å²) in [4.78, 5) is 8.64. The van der Waals surface area contributed by atoms with E-state index in [1.165, 1.54) is 19.2 Å². The summed E-state index contributed by atoms with van der Waals surface area (Å²) >= 11 is 0. The summed E-state index contributed by atoms with van der Waals surface area (Å²) in [6.45, 7) is 0.357. The second kappa shape index (κ2) is 8.84. The summed E-state index contributed by atoms with van der Waals surface area (Å²) in [6.07, 6.45) is 4.36. The van der Waals surface area contributed by atoms with Crippen LogP contribution in [0.25, 0.3) is 6.08 Å². The Balaban J connectivity index is 1.39. The van der Waals surface area contributed by atoms with Gasteiger partial charge in [0.15, 0.2) is 0 Å². The lowest BCUT2D eigenvalue weighted by Crippen LogP contribution is -2.36. The molecule has 0 bridgehead atoms. The highest BCUT2D eigenvalue weighted by molar-refractivity contribution is 7.92. The van der Waals surface area contributed by atoms with Gasteiger partial charge in [-0.05, 0) is 42.0 Å². The molecule has 0 saturated carbocycles. The van der Waals surface area contributed by atoms with Crippen molar-refractivity contribution in [1.29, 1.82) is 0 Å². The molecule has 3 aromatic rings. The number of hydrogen-bond donors (Lipinski definition) is 3. The molecule has 1 aliphatic heterocycles. The molecule has 2 aromatic carbocycles. The SMILES string of the molecule is COc1ccccc1NS(=O)(=O)c1ccc(CNC(O)C2C=c3cnccc3=N2)cc1. The molecule has 2 heterocycles. The molecule has 1 aromatic heterocycles. The number of methoxy groups -OCH3 is 1. The molecule has 4 rings (SSSR count). The van der Waals surface area contributed by atoms with Crippen LogP contribution in [0.1, 0.15) is 5.56 Å². The van der Waals surface area contributed by atoms with Gasteiger partial charge in [-0.15, -0.1) is 0 Å². The number of rotatable bonds is 8. The number of fused-ring (bicyclic) bond motifs is 1. The molecule has 2 atom stereocenters. The topological polar surface area (TPSA) is 113 Å². The van der Waals surface area contributed by atoms with Gasteiger partial charge in [0, 0.05) is 24.2 Å². The molecule has 1 aliphatic rings. The molecule has 8 nitrogen and oxygen atoms in total. The average Bonchev–Trinajstić information content (AvgIpc) is 3.22. The van der Waals surface area contributed by atoms with E-state index in [4.69, 9.17) is 4.74 Å². The summed E-state index contributed by atoms with van der Waals surface area (Å²) in [5.41, 5.74) is 1.19. The Morgan fingerprint density at radius 1 is 1.13 bits per heavy atom. The number of sulfonamides is 1. The van der Waals surface area contributed by atoms with Crippen LogP contribution in [0.2, 0.25) is 0 Å². The van der Waals surface area contributed by atoms with Crippen LogP contribution < -0.4 is 25.4 Å². The number of nitrogens with zero attached hydrogens (tertiary/aromatic N) is 2. The van der Waals surface area contributed by atoms with E-state index in [0.29, 0.717) is 18.0 Å². The van der Waals surface area contributed by atoms with Gasteiger partial charge in [-0.2, -0.15) is 0 Å². The molecular formula is C22H22N4O4S. The first-order chi connectivity index (χ1) is 15.0. The maximum Gasteiger partial charge on any atom is 0.262 e. The predicted octanol–water partition coefficient (Wildman–Crippen LogP) is 0.781. The summed E-state index contributed by atoms with van der Waals surface area (Å²) in [6, 6.07) is 14.7. The Bertz CT molecular complexity index is 1260. The van der Waals surface area contributed by atoms with Crippen molar-refractivity contribution in [2.45, 2.75) is 23.7 Å². The quantitative estimate of drug-likeness (QED) is 0.448. The van der Waals surface area contributed by atoms with Crippen LogP contribution in [0, 0.1) is 0 Å². The zero-order chi connectivity index (χ0) is 21.8. The lowest BCUT2D eigenvalue weighted by molar-refractivity contribution is 0.127. The lowest BCUT2D eigenvalue weighted by atomic mass is 10.2. The summed E-state index contributed by atoms with van der Waals surface area (Å²) in [5.74, 6) is 0.438. The fraction of sp³-hybridized carbons (Fsp3) is 0.182. The first-order valence-electron chi connectivity index (χ1n) is 9.62. The number of benzene rings is 2. The lowest BCUT2D eigenvalue weighted by Gasteiger charge is -2.16. The molecular weight excluding hydrogens is 416 g/mol. The molecule has 0 amide bonds. The molecule has 31 heavy (non-hydrogen) atoms. The number of anilines is 1. The molecule has 2 unspecified atom stereocenters. The van der Waals surface area contributed by atoms with E-state index < -0.39 is 22.3 Å². The van der Waals surface area contributed by atoms with Crippen molar-refractivity contribution < 1.29 is 18.3 Å². The molecule has 3 N–H and O–H groups in total. The Hall–Kier alpha value is -3.27. The van der Waals surface area contributed by atoms with Crippen LogP contribution in [0.15, 0.2) is 76.9 Å².